The average molecular weight is 360 g/mol. The highest BCUT2D eigenvalue weighted by molar-refractivity contribution is 5.91. The number of rotatable bonds is 7. The molecule has 0 amide bonds. The summed E-state index contributed by atoms with van der Waals surface area (Å²) in [5.74, 6) is -0.177. The molecule has 140 valence electrons. The van der Waals surface area contributed by atoms with Gasteiger partial charge in [0.05, 0.1) is 0 Å². The number of esters is 1. The number of carbonyl (C=O) groups excluding carboxylic acids is 1. The average Bonchev–Trinajstić information content (AvgIpc) is 3.02. The Labute approximate surface area is 162 Å². The molecule has 2 nitrogen and oxygen atoms in total. The molecule has 2 aromatic rings. The van der Waals surface area contributed by atoms with Crippen molar-refractivity contribution in [3.63, 3.8) is 0 Å². The van der Waals surface area contributed by atoms with Crippen LogP contribution >= 0.6 is 0 Å². The zero-order valence-electron chi connectivity index (χ0n) is 16.5. The van der Waals surface area contributed by atoms with Crippen molar-refractivity contribution < 1.29 is 9.53 Å². The molecular weight excluding hydrogens is 332 g/mol. The van der Waals surface area contributed by atoms with Gasteiger partial charge < -0.3 is 4.74 Å². The Hall–Kier alpha value is -2.61. The number of hydrogen-bond acceptors (Lipinski definition) is 2. The van der Waals surface area contributed by atoms with E-state index in [4.69, 9.17) is 4.74 Å². The molecular formula is C25H28O2. The molecule has 1 aliphatic heterocycles. The minimum atomic E-state index is -0.264. The van der Waals surface area contributed by atoms with Crippen molar-refractivity contribution >= 4 is 16.7 Å². The topological polar surface area (TPSA) is 26.3 Å². The van der Waals surface area contributed by atoms with Gasteiger partial charge >= 0.3 is 5.97 Å². The van der Waals surface area contributed by atoms with Gasteiger partial charge in [0, 0.05) is 5.57 Å². The number of allylic oxidation sites excluding steroid dienone is 4. The van der Waals surface area contributed by atoms with Crippen molar-refractivity contribution in [3.8, 4) is 0 Å². The number of fused-ring (bicyclic) bond motifs is 1. The Morgan fingerprint density at radius 1 is 1.00 bits per heavy atom. The van der Waals surface area contributed by atoms with Crippen LogP contribution in [0.3, 0.4) is 0 Å². The molecule has 1 aliphatic rings. The highest BCUT2D eigenvalue weighted by Crippen LogP contribution is 2.31. The maximum Gasteiger partial charge on any atom is 0.334 e. The lowest BCUT2D eigenvalue weighted by Crippen LogP contribution is -2.02. The number of carbonyl (C=O) groups is 1. The van der Waals surface area contributed by atoms with Gasteiger partial charge in [-0.3, -0.25) is 0 Å². The summed E-state index contributed by atoms with van der Waals surface area (Å²) in [6.45, 7) is 6.42. The zero-order chi connectivity index (χ0) is 19.2. The molecule has 0 bridgehead atoms. The fourth-order valence-corrected chi connectivity index (χ4v) is 3.37. The smallest absolute Gasteiger partial charge is 0.334 e. The SMILES string of the molecule is CC(C)=CCC/C(C)=C/CCC1=C[C@H](c2ccc3ccccc3c2)OC1=O. The van der Waals surface area contributed by atoms with Gasteiger partial charge in [0.2, 0.25) is 0 Å². The molecule has 1 atom stereocenters. The van der Waals surface area contributed by atoms with Crippen LogP contribution in [0.25, 0.3) is 10.8 Å². The first-order chi connectivity index (χ1) is 13.0. The highest BCUT2D eigenvalue weighted by Gasteiger charge is 2.26. The predicted molar refractivity (Wildman–Crippen MR) is 113 cm³/mol. The Morgan fingerprint density at radius 2 is 1.78 bits per heavy atom. The van der Waals surface area contributed by atoms with Gasteiger partial charge in [-0.25, -0.2) is 4.79 Å². The summed E-state index contributed by atoms with van der Waals surface area (Å²) in [5.41, 5.74) is 4.57. The number of hydrogen-bond donors (Lipinski definition) is 0. The third kappa shape index (κ3) is 5.19. The van der Waals surface area contributed by atoms with E-state index in [9.17, 15) is 4.79 Å². The first-order valence-corrected chi connectivity index (χ1v) is 9.72. The van der Waals surface area contributed by atoms with Crippen LogP contribution in [0.2, 0.25) is 0 Å². The van der Waals surface area contributed by atoms with Crippen molar-refractivity contribution in [2.24, 2.45) is 0 Å². The fraction of sp³-hybridized carbons (Fsp3) is 0.320. The molecule has 0 unspecified atom stereocenters. The van der Waals surface area contributed by atoms with E-state index < -0.39 is 0 Å². The lowest BCUT2D eigenvalue weighted by molar-refractivity contribution is -0.140. The van der Waals surface area contributed by atoms with Gasteiger partial charge in [0.1, 0.15) is 6.10 Å². The standard InChI is InChI=1S/C25H28O2/c1-18(2)8-6-9-19(3)10-7-13-23-17-24(27-25(23)26)22-15-14-20-11-4-5-12-21(20)16-22/h4-5,8,10-12,14-17,24H,6-7,9,13H2,1-3H3/b19-10+/t24-/m1/s1. The Bertz CT molecular complexity index is 911. The van der Waals surface area contributed by atoms with Crippen LogP contribution in [-0.4, -0.2) is 5.97 Å². The molecule has 0 saturated carbocycles. The van der Waals surface area contributed by atoms with Crippen molar-refractivity contribution in [1.82, 2.24) is 0 Å². The van der Waals surface area contributed by atoms with Gasteiger partial charge in [0.15, 0.2) is 0 Å². The first kappa shape index (κ1) is 19.2. The van der Waals surface area contributed by atoms with Crippen LogP contribution in [-0.2, 0) is 9.53 Å². The molecule has 0 aliphatic carbocycles. The second-order valence-corrected chi connectivity index (χ2v) is 7.53. The summed E-state index contributed by atoms with van der Waals surface area (Å²) in [6, 6.07) is 14.5. The largest absolute Gasteiger partial charge is 0.450 e. The molecule has 2 heteroatoms. The van der Waals surface area contributed by atoms with E-state index in [1.165, 1.54) is 21.9 Å². The predicted octanol–water partition coefficient (Wildman–Crippen LogP) is 6.84. The fourth-order valence-electron chi connectivity index (χ4n) is 3.37. The van der Waals surface area contributed by atoms with Crippen LogP contribution in [0.5, 0.6) is 0 Å². The van der Waals surface area contributed by atoms with E-state index in [0.717, 1.165) is 36.8 Å². The molecule has 1 heterocycles. The lowest BCUT2D eigenvalue weighted by Gasteiger charge is -2.09. The Balaban J connectivity index is 1.61. The minimum absolute atomic E-state index is 0.177. The van der Waals surface area contributed by atoms with Gasteiger partial charge in [-0.1, -0.05) is 59.7 Å². The van der Waals surface area contributed by atoms with E-state index in [-0.39, 0.29) is 12.1 Å². The van der Waals surface area contributed by atoms with Crippen LogP contribution in [0.4, 0.5) is 0 Å². The minimum Gasteiger partial charge on any atom is -0.450 e. The van der Waals surface area contributed by atoms with Crippen LogP contribution in [0.15, 0.2) is 77.4 Å². The maximum absolute atomic E-state index is 12.2. The lowest BCUT2D eigenvalue weighted by atomic mass is 10.0. The normalized spacial score (nSPS) is 17.0. The van der Waals surface area contributed by atoms with E-state index in [0.29, 0.717) is 0 Å². The summed E-state index contributed by atoms with van der Waals surface area (Å²) in [7, 11) is 0. The highest BCUT2D eigenvalue weighted by atomic mass is 16.5. The second-order valence-electron chi connectivity index (χ2n) is 7.53. The molecule has 2 aromatic carbocycles. The molecule has 0 radical (unpaired) electrons. The third-order valence-corrected chi connectivity index (χ3v) is 4.95. The summed E-state index contributed by atoms with van der Waals surface area (Å²) < 4.78 is 5.60. The van der Waals surface area contributed by atoms with Gasteiger partial charge in [-0.05, 0) is 74.9 Å². The summed E-state index contributed by atoms with van der Waals surface area (Å²) in [5, 5.41) is 2.37. The van der Waals surface area contributed by atoms with Crippen LogP contribution < -0.4 is 0 Å². The molecule has 27 heavy (non-hydrogen) atoms. The van der Waals surface area contributed by atoms with Gasteiger partial charge in [-0.15, -0.1) is 0 Å². The summed E-state index contributed by atoms with van der Waals surface area (Å²) in [6.07, 6.45) is 10.0. The Morgan fingerprint density at radius 3 is 2.56 bits per heavy atom. The van der Waals surface area contributed by atoms with Crippen molar-refractivity contribution in [3.05, 3.63) is 83.0 Å². The number of cyclic esters (lactones) is 1. The van der Waals surface area contributed by atoms with Crippen LogP contribution in [0.1, 0.15) is 58.1 Å². The van der Waals surface area contributed by atoms with E-state index in [2.05, 4.69) is 57.2 Å². The summed E-state index contributed by atoms with van der Waals surface area (Å²) >= 11 is 0. The molecule has 0 fully saturated rings. The number of ether oxygens (including phenoxy) is 1. The summed E-state index contributed by atoms with van der Waals surface area (Å²) in [4.78, 5) is 12.2. The van der Waals surface area contributed by atoms with Crippen LogP contribution in [0, 0.1) is 0 Å². The monoisotopic (exact) mass is 360 g/mol. The molecule has 0 N–H and O–H groups in total. The molecule has 0 spiro atoms. The van der Waals surface area contributed by atoms with E-state index in [1.54, 1.807) is 0 Å². The third-order valence-electron chi connectivity index (χ3n) is 4.95. The Kier molecular flexibility index (Phi) is 6.28. The van der Waals surface area contributed by atoms with Crippen molar-refractivity contribution in [2.75, 3.05) is 0 Å². The second kappa shape index (κ2) is 8.85. The molecule has 0 aromatic heterocycles. The van der Waals surface area contributed by atoms with Crippen molar-refractivity contribution in [2.45, 2.75) is 52.6 Å². The number of benzene rings is 2. The van der Waals surface area contributed by atoms with Gasteiger partial charge in [-0.2, -0.15) is 0 Å². The quantitative estimate of drug-likeness (QED) is 0.399. The molecule has 3 rings (SSSR count). The van der Waals surface area contributed by atoms with Gasteiger partial charge in [0.25, 0.3) is 0 Å². The first-order valence-electron chi connectivity index (χ1n) is 9.72. The molecule has 0 saturated heterocycles. The zero-order valence-corrected chi connectivity index (χ0v) is 16.5. The van der Waals surface area contributed by atoms with Crippen molar-refractivity contribution in [1.29, 1.82) is 0 Å². The van der Waals surface area contributed by atoms with E-state index in [1.807, 2.05) is 24.3 Å². The maximum atomic E-state index is 12.2. The van der Waals surface area contributed by atoms with E-state index >= 15 is 0 Å².